The van der Waals surface area contributed by atoms with Gasteiger partial charge in [-0.1, -0.05) is 51.0 Å². The fourth-order valence-corrected chi connectivity index (χ4v) is 3.42. The Morgan fingerprint density at radius 2 is 1.79 bits per heavy atom. The van der Waals surface area contributed by atoms with Crippen molar-refractivity contribution in [2.24, 2.45) is 4.99 Å². The molecule has 28 heavy (non-hydrogen) atoms. The van der Waals surface area contributed by atoms with Crippen LogP contribution in [0.25, 0.3) is 0 Å². The van der Waals surface area contributed by atoms with Gasteiger partial charge in [-0.25, -0.2) is 4.99 Å². The molecule has 6 heteroatoms. The van der Waals surface area contributed by atoms with Crippen LogP contribution in [0.4, 0.5) is 0 Å². The van der Waals surface area contributed by atoms with Crippen LogP contribution in [0, 0.1) is 0 Å². The molecule has 0 aliphatic heterocycles. The minimum atomic E-state index is -0.683. The summed E-state index contributed by atoms with van der Waals surface area (Å²) < 4.78 is 1.92. The fourth-order valence-electron chi connectivity index (χ4n) is 3.42. The molecule has 0 saturated heterocycles. The number of nitrogens with one attached hydrogen (secondary N) is 2. The summed E-state index contributed by atoms with van der Waals surface area (Å²) in [6.07, 6.45) is 7.27. The summed E-state index contributed by atoms with van der Waals surface area (Å²) in [5.74, 6) is 0.738. The van der Waals surface area contributed by atoms with Gasteiger partial charge in [0.05, 0.1) is 18.7 Å². The van der Waals surface area contributed by atoms with Gasteiger partial charge < -0.3 is 15.7 Å². The molecular formula is C22H35N5O. The van der Waals surface area contributed by atoms with Crippen molar-refractivity contribution in [2.75, 3.05) is 13.1 Å². The van der Waals surface area contributed by atoms with E-state index in [9.17, 15) is 5.11 Å². The zero-order chi connectivity index (χ0) is 20.2. The topological polar surface area (TPSA) is 74.5 Å². The fraction of sp³-hybridized carbons (Fsp3) is 0.545. The monoisotopic (exact) mass is 385 g/mol. The van der Waals surface area contributed by atoms with Crippen molar-refractivity contribution in [1.29, 1.82) is 0 Å². The highest BCUT2D eigenvalue weighted by Crippen LogP contribution is 2.18. The van der Waals surface area contributed by atoms with Crippen LogP contribution in [0.15, 0.2) is 47.7 Å². The Bertz CT molecular complexity index is 705. The molecule has 0 aliphatic carbocycles. The largest absolute Gasteiger partial charge is 0.388 e. The van der Waals surface area contributed by atoms with Crippen LogP contribution < -0.4 is 10.6 Å². The van der Waals surface area contributed by atoms with E-state index in [0.717, 1.165) is 44.7 Å². The summed E-state index contributed by atoms with van der Waals surface area (Å²) in [5, 5.41) is 21.8. The number of benzene rings is 1. The van der Waals surface area contributed by atoms with E-state index in [-0.39, 0.29) is 0 Å². The molecule has 0 bridgehead atoms. The Hall–Kier alpha value is -2.34. The lowest BCUT2D eigenvalue weighted by atomic mass is 9.93. The minimum absolute atomic E-state index is 0.509. The molecule has 3 N–H and O–H groups in total. The molecule has 6 nitrogen and oxygen atoms in total. The molecule has 1 heterocycles. The van der Waals surface area contributed by atoms with E-state index in [4.69, 9.17) is 4.99 Å². The first kappa shape index (κ1) is 22.0. The lowest BCUT2D eigenvalue weighted by Crippen LogP contribution is -2.47. The third-order valence-corrected chi connectivity index (χ3v) is 4.78. The number of hydrogen-bond donors (Lipinski definition) is 3. The first-order valence-electron chi connectivity index (χ1n) is 10.4. The summed E-state index contributed by atoms with van der Waals surface area (Å²) >= 11 is 0. The number of rotatable bonds is 11. The molecule has 0 radical (unpaired) electrons. The van der Waals surface area contributed by atoms with E-state index in [1.807, 2.05) is 36.0 Å². The molecule has 1 aromatic heterocycles. The van der Waals surface area contributed by atoms with Gasteiger partial charge in [-0.2, -0.15) is 5.10 Å². The summed E-state index contributed by atoms with van der Waals surface area (Å²) in [7, 11) is 0. The Balaban J connectivity index is 2.06. The summed E-state index contributed by atoms with van der Waals surface area (Å²) in [6, 6.07) is 10.2. The third kappa shape index (κ3) is 7.00. The van der Waals surface area contributed by atoms with Gasteiger partial charge in [0.15, 0.2) is 5.96 Å². The maximum Gasteiger partial charge on any atom is 0.191 e. The van der Waals surface area contributed by atoms with Gasteiger partial charge in [0.2, 0.25) is 0 Å². The normalized spacial score (nSPS) is 12.2. The summed E-state index contributed by atoms with van der Waals surface area (Å²) in [4.78, 5) is 4.75. The Morgan fingerprint density at radius 3 is 2.39 bits per heavy atom. The van der Waals surface area contributed by atoms with E-state index < -0.39 is 5.60 Å². The maximum atomic E-state index is 10.8. The van der Waals surface area contributed by atoms with Crippen LogP contribution in [0.2, 0.25) is 0 Å². The van der Waals surface area contributed by atoms with Crippen LogP contribution in [0.5, 0.6) is 0 Å². The molecule has 2 rings (SSSR count). The number of aliphatic imine (C=N–C) groups is 1. The van der Waals surface area contributed by atoms with Crippen molar-refractivity contribution < 1.29 is 5.11 Å². The molecule has 0 saturated carbocycles. The second-order valence-corrected chi connectivity index (χ2v) is 7.25. The van der Waals surface area contributed by atoms with Crippen LogP contribution in [0.1, 0.15) is 57.6 Å². The zero-order valence-electron chi connectivity index (χ0n) is 17.5. The van der Waals surface area contributed by atoms with Gasteiger partial charge >= 0.3 is 0 Å². The Morgan fingerprint density at radius 1 is 1.07 bits per heavy atom. The molecule has 0 atom stereocenters. The number of hydrogen-bond acceptors (Lipinski definition) is 3. The van der Waals surface area contributed by atoms with E-state index in [1.54, 1.807) is 6.20 Å². The van der Waals surface area contributed by atoms with Crippen molar-refractivity contribution in [1.82, 2.24) is 20.4 Å². The van der Waals surface area contributed by atoms with Gasteiger partial charge in [0, 0.05) is 25.5 Å². The third-order valence-electron chi connectivity index (χ3n) is 4.78. The summed E-state index contributed by atoms with van der Waals surface area (Å²) in [6.45, 7) is 8.86. The van der Waals surface area contributed by atoms with Crippen LogP contribution in [-0.4, -0.2) is 39.5 Å². The second kappa shape index (κ2) is 11.5. The molecule has 154 valence electrons. The highest BCUT2D eigenvalue weighted by molar-refractivity contribution is 5.79. The average molecular weight is 386 g/mol. The molecule has 0 fully saturated rings. The quantitative estimate of drug-likeness (QED) is 0.410. The lowest BCUT2D eigenvalue weighted by molar-refractivity contribution is 0.0257. The van der Waals surface area contributed by atoms with Gasteiger partial charge in [0.1, 0.15) is 0 Å². The van der Waals surface area contributed by atoms with Gasteiger partial charge in [-0.05, 0) is 37.0 Å². The minimum Gasteiger partial charge on any atom is -0.388 e. The van der Waals surface area contributed by atoms with Crippen LogP contribution in [-0.2, 0) is 13.1 Å². The standard InChI is InChI=1S/C22H35N5O/c1-4-12-22(28,13-5-2)18-25-21(23-6-3)24-16-19-10-7-8-11-20(19)17-27-15-9-14-26-27/h7-11,14-15,28H,4-6,12-13,16-18H2,1-3H3,(H2,23,24,25). The first-order valence-corrected chi connectivity index (χ1v) is 10.4. The predicted molar refractivity (Wildman–Crippen MR) is 115 cm³/mol. The molecule has 0 unspecified atom stereocenters. The van der Waals surface area contributed by atoms with E-state index in [0.29, 0.717) is 13.1 Å². The van der Waals surface area contributed by atoms with Crippen LogP contribution in [0.3, 0.4) is 0 Å². The highest BCUT2D eigenvalue weighted by atomic mass is 16.3. The SMILES string of the molecule is CCCC(O)(CCC)CNC(=NCc1ccccc1Cn1cccn1)NCC. The van der Waals surface area contributed by atoms with E-state index in [2.05, 4.69) is 41.7 Å². The van der Waals surface area contributed by atoms with Gasteiger partial charge in [-0.3, -0.25) is 4.68 Å². The molecular weight excluding hydrogens is 350 g/mol. The van der Waals surface area contributed by atoms with Crippen molar-refractivity contribution in [3.05, 3.63) is 53.9 Å². The average Bonchev–Trinajstić information content (AvgIpc) is 3.19. The van der Waals surface area contributed by atoms with Crippen molar-refractivity contribution >= 4 is 5.96 Å². The van der Waals surface area contributed by atoms with Crippen molar-refractivity contribution in [3.63, 3.8) is 0 Å². The number of nitrogens with zero attached hydrogens (tertiary/aromatic N) is 3. The van der Waals surface area contributed by atoms with Crippen molar-refractivity contribution in [2.45, 2.75) is 65.1 Å². The number of aromatic nitrogens is 2. The number of aliphatic hydroxyl groups is 1. The molecule has 1 aromatic carbocycles. The number of guanidine groups is 1. The second-order valence-electron chi connectivity index (χ2n) is 7.25. The van der Waals surface area contributed by atoms with E-state index in [1.165, 1.54) is 11.1 Å². The predicted octanol–water partition coefficient (Wildman–Crippen LogP) is 3.32. The first-order chi connectivity index (χ1) is 13.6. The molecule has 0 spiro atoms. The molecule has 2 aromatic rings. The Kier molecular flexibility index (Phi) is 9.01. The Labute approximate surface area is 169 Å². The van der Waals surface area contributed by atoms with Gasteiger partial charge in [-0.15, -0.1) is 0 Å². The summed E-state index contributed by atoms with van der Waals surface area (Å²) in [5.41, 5.74) is 1.70. The molecule has 0 aliphatic rings. The molecule has 0 amide bonds. The van der Waals surface area contributed by atoms with E-state index >= 15 is 0 Å². The zero-order valence-corrected chi connectivity index (χ0v) is 17.5. The lowest BCUT2D eigenvalue weighted by Gasteiger charge is -2.28. The van der Waals surface area contributed by atoms with Gasteiger partial charge in [0.25, 0.3) is 0 Å². The smallest absolute Gasteiger partial charge is 0.191 e. The highest BCUT2D eigenvalue weighted by Gasteiger charge is 2.24. The maximum absolute atomic E-state index is 10.8. The van der Waals surface area contributed by atoms with Crippen molar-refractivity contribution in [3.8, 4) is 0 Å². The van der Waals surface area contributed by atoms with Crippen LogP contribution >= 0.6 is 0 Å².